The summed E-state index contributed by atoms with van der Waals surface area (Å²) >= 11 is 0. The van der Waals surface area contributed by atoms with Crippen LogP contribution >= 0.6 is 0 Å². The Morgan fingerprint density at radius 1 is 1.22 bits per heavy atom. The van der Waals surface area contributed by atoms with Crippen LogP contribution in [0.15, 0.2) is 42.9 Å². The summed E-state index contributed by atoms with van der Waals surface area (Å²) in [4.78, 5) is 26.0. The van der Waals surface area contributed by atoms with Gasteiger partial charge in [-0.2, -0.15) is 13.2 Å². The van der Waals surface area contributed by atoms with Gasteiger partial charge in [-0.05, 0) is 44.4 Å². The van der Waals surface area contributed by atoms with Crippen molar-refractivity contribution in [2.75, 3.05) is 46.3 Å². The monoisotopic (exact) mass is 512 g/mol. The molecule has 0 radical (unpaired) electrons. The Labute approximate surface area is 220 Å². The van der Waals surface area contributed by atoms with Crippen molar-refractivity contribution in [3.8, 4) is 0 Å². The van der Waals surface area contributed by atoms with E-state index >= 15 is 0 Å². The highest BCUT2D eigenvalue weighted by Gasteiger charge is 2.41. The number of rotatable bonds is 6. The van der Waals surface area contributed by atoms with Crippen LogP contribution in [0.25, 0.3) is 0 Å². The first-order valence-corrected chi connectivity index (χ1v) is 11.8. The highest BCUT2D eigenvalue weighted by atomic mass is 19.4. The Morgan fingerprint density at radius 3 is 2.47 bits per heavy atom. The summed E-state index contributed by atoms with van der Waals surface area (Å²) < 4.78 is 99.9. The van der Waals surface area contributed by atoms with Gasteiger partial charge >= 0.3 is 6.18 Å². The Kier molecular flexibility index (Phi) is 5.60. The average molecular weight is 513 g/mol. The van der Waals surface area contributed by atoms with E-state index < -0.39 is 37.3 Å². The summed E-state index contributed by atoms with van der Waals surface area (Å²) in [5.41, 5.74) is -1.22. The second-order valence-electron chi connectivity index (χ2n) is 9.54. The van der Waals surface area contributed by atoms with Gasteiger partial charge in [0, 0.05) is 63.7 Å². The number of carbonyl (C=O) groups is 1. The van der Waals surface area contributed by atoms with Gasteiger partial charge < -0.3 is 9.64 Å². The van der Waals surface area contributed by atoms with E-state index in [9.17, 15) is 18.0 Å². The molecule has 0 N–H and O–H groups in total. The highest BCUT2D eigenvalue weighted by Crippen LogP contribution is 2.35. The number of piperidine rings is 1. The molecule has 0 saturated carbocycles. The summed E-state index contributed by atoms with van der Waals surface area (Å²) in [7, 11) is -3.08. The van der Waals surface area contributed by atoms with Gasteiger partial charge in [0.05, 0.1) is 33.3 Å². The van der Waals surface area contributed by atoms with Crippen LogP contribution in [0.1, 0.15) is 63.8 Å². The van der Waals surface area contributed by atoms with Crippen LogP contribution in [0, 0.1) is 0 Å². The van der Waals surface area contributed by atoms with Crippen molar-refractivity contribution in [2.24, 2.45) is 0 Å². The minimum absolute atomic E-state index is 0.142. The number of alkyl halides is 3. The first-order chi connectivity index (χ1) is 19.8. The van der Waals surface area contributed by atoms with Crippen LogP contribution in [0.2, 0.25) is 0 Å². The zero-order valence-corrected chi connectivity index (χ0v) is 20.2. The van der Waals surface area contributed by atoms with Crippen molar-refractivity contribution in [1.29, 1.82) is 0 Å². The van der Waals surface area contributed by atoms with Gasteiger partial charge in [-0.15, -0.1) is 0 Å². The minimum atomic E-state index is -4.58. The lowest BCUT2D eigenvalue weighted by molar-refractivity contribution is -0.137. The highest BCUT2D eigenvalue weighted by molar-refractivity contribution is 5.93. The van der Waals surface area contributed by atoms with E-state index in [1.54, 1.807) is 9.80 Å². The van der Waals surface area contributed by atoms with Crippen molar-refractivity contribution in [3.63, 3.8) is 0 Å². The van der Waals surface area contributed by atoms with E-state index in [0.717, 1.165) is 30.6 Å². The number of nitrogens with zero attached hydrogens (tertiary/aromatic N) is 5. The molecule has 2 atom stereocenters. The quantitative estimate of drug-likeness (QED) is 0.586. The zero-order valence-electron chi connectivity index (χ0n) is 27.2. The fourth-order valence-corrected chi connectivity index (χ4v) is 5.09. The largest absolute Gasteiger partial charge is 0.416 e. The van der Waals surface area contributed by atoms with E-state index in [1.807, 2.05) is 6.92 Å². The van der Waals surface area contributed by atoms with Crippen molar-refractivity contribution >= 4 is 5.91 Å². The van der Waals surface area contributed by atoms with Crippen molar-refractivity contribution in [1.82, 2.24) is 24.7 Å². The maximum Gasteiger partial charge on any atom is 0.416 e. The number of methoxy groups -OCH3 is 1. The number of benzene rings is 1. The summed E-state index contributed by atoms with van der Waals surface area (Å²) in [5, 5.41) is 0. The number of hydrogen-bond donors (Lipinski definition) is 0. The molecule has 1 amide bonds. The van der Waals surface area contributed by atoms with E-state index in [2.05, 4.69) is 21.8 Å². The summed E-state index contributed by atoms with van der Waals surface area (Å²) in [6.07, 6.45) is -2.94. The van der Waals surface area contributed by atoms with Crippen LogP contribution in [-0.4, -0.2) is 88.5 Å². The Morgan fingerprint density at radius 2 is 1.89 bits per heavy atom. The lowest BCUT2D eigenvalue weighted by Crippen LogP contribution is -2.62. The number of likely N-dealkylation sites (tertiary alicyclic amines) is 1. The molecule has 1 aromatic heterocycles. The number of piperazine rings is 1. The molecular weight excluding hydrogens is 471 g/mol. The number of halogens is 3. The van der Waals surface area contributed by atoms with Gasteiger partial charge in [0.25, 0.3) is 5.91 Å². The molecule has 4 rings (SSSR count). The second kappa shape index (κ2) is 10.8. The molecule has 2 aromatic rings. The molecule has 0 aliphatic carbocycles. The van der Waals surface area contributed by atoms with E-state index in [1.165, 1.54) is 0 Å². The predicted octanol–water partition coefficient (Wildman–Crippen LogP) is 3.88. The van der Waals surface area contributed by atoms with Crippen LogP contribution in [0.3, 0.4) is 0 Å². The van der Waals surface area contributed by atoms with Crippen molar-refractivity contribution in [3.05, 3.63) is 59.6 Å². The van der Waals surface area contributed by atoms with Crippen LogP contribution in [-0.2, 0) is 10.9 Å². The molecule has 2 aliphatic heterocycles. The Balaban J connectivity index is 1.50. The molecule has 2 saturated heterocycles. The molecule has 196 valence electrons. The number of aromatic nitrogens is 2. The Bertz CT molecular complexity index is 1290. The topological polar surface area (TPSA) is 61.8 Å². The lowest BCUT2D eigenvalue weighted by atomic mass is 9.86. The number of ether oxygens (including phenoxy) is 1. The molecule has 36 heavy (non-hydrogen) atoms. The van der Waals surface area contributed by atoms with Gasteiger partial charge in [-0.1, -0.05) is 12.1 Å². The van der Waals surface area contributed by atoms with Crippen LogP contribution < -0.4 is 0 Å². The maximum absolute atomic E-state index is 13.2. The fraction of sp³-hybridized carbons (Fsp3) is 0.577. The minimum Gasteiger partial charge on any atom is -0.383 e. The van der Waals surface area contributed by atoms with Crippen LogP contribution in [0.5, 0.6) is 0 Å². The van der Waals surface area contributed by atoms with Crippen molar-refractivity contribution < 1.29 is 32.3 Å². The number of amides is 1. The molecule has 0 unspecified atom stereocenters. The molecule has 10 heteroatoms. The second-order valence-corrected chi connectivity index (χ2v) is 9.54. The van der Waals surface area contributed by atoms with Gasteiger partial charge in [0.2, 0.25) is 0 Å². The van der Waals surface area contributed by atoms with Gasteiger partial charge in [-0.3, -0.25) is 14.6 Å². The predicted molar refractivity (Wildman–Crippen MR) is 129 cm³/mol. The zero-order chi connectivity index (χ0) is 32.0. The molecule has 0 spiro atoms. The SMILES string of the molecule is [2H]c1ncnc([2H])c1C(=O)N1CCC(C)(N2CCN([C@H](c3ccc(C(F)(F)F)cc3)C([2H])([2H])OC([2H])([2H])[2H])[C@@H](C)C2)CC1. The maximum atomic E-state index is 13.2. The summed E-state index contributed by atoms with van der Waals surface area (Å²) in [6.45, 7) is 3.09. The third-order valence-corrected chi connectivity index (χ3v) is 7.31. The molecule has 2 fully saturated rings. The van der Waals surface area contributed by atoms with E-state index in [4.69, 9.17) is 14.3 Å². The van der Waals surface area contributed by atoms with Crippen LogP contribution in [0.4, 0.5) is 13.2 Å². The van der Waals surface area contributed by atoms with Crippen molar-refractivity contribution in [2.45, 2.75) is 50.5 Å². The van der Waals surface area contributed by atoms with Gasteiger partial charge in [-0.25, -0.2) is 9.97 Å². The first kappa shape index (κ1) is 18.6. The molecule has 3 heterocycles. The smallest absolute Gasteiger partial charge is 0.383 e. The first-order valence-electron chi connectivity index (χ1n) is 15.3. The lowest BCUT2D eigenvalue weighted by Gasteiger charge is -2.52. The fourth-order valence-electron chi connectivity index (χ4n) is 5.09. The summed E-state index contributed by atoms with van der Waals surface area (Å²) in [6, 6.07) is 2.36. The molecular formula is C26H34F3N5O2. The average Bonchev–Trinajstić information content (AvgIpc) is 2.88. The number of carbonyl (C=O) groups excluding carboxylic acids is 1. The third kappa shape index (κ3) is 5.71. The summed E-state index contributed by atoms with van der Waals surface area (Å²) in [5.74, 6) is -0.466. The van der Waals surface area contributed by atoms with Gasteiger partial charge in [0.15, 0.2) is 0 Å². The Hall–Kier alpha value is -2.56. The molecule has 1 aromatic carbocycles. The molecule has 7 nitrogen and oxygen atoms in total. The normalized spacial score (nSPS) is 26.0. The number of hydrogen-bond acceptors (Lipinski definition) is 6. The molecule has 2 aliphatic rings. The van der Waals surface area contributed by atoms with Gasteiger partial charge in [0.1, 0.15) is 6.33 Å². The standard InChI is InChI=1S/C26H34F3N5O2/c1-19-16-33(25(2)8-10-32(11-9-25)24(35)21-14-30-18-31-15-21)12-13-34(19)23(17-36-3)20-4-6-22(7-5-20)26(27,28)29/h4-7,14-15,18-19,23H,8-13,16-17H2,1-3H3/t19-,23-/m0/s1/i3D3,14D,15D,17D2. The third-order valence-electron chi connectivity index (χ3n) is 7.31. The van der Waals surface area contributed by atoms with E-state index in [-0.39, 0.29) is 41.6 Å². The van der Waals surface area contributed by atoms with E-state index in [0.29, 0.717) is 39.0 Å². The molecule has 0 bridgehead atoms.